The number of fused-ring (bicyclic) bond motifs is 1. The molecule has 0 atom stereocenters. The zero-order valence-corrected chi connectivity index (χ0v) is 23.1. The van der Waals surface area contributed by atoms with Crippen LogP contribution >= 0.6 is 0 Å². The number of aliphatic carboxylic acids is 1. The maximum absolute atomic E-state index is 10.9. The lowest BCUT2D eigenvalue weighted by atomic mass is 10.1. The van der Waals surface area contributed by atoms with Crippen LogP contribution in [0.25, 0.3) is 33.7 Å². The highest BCUT2D eigenvalue weighted by Crippen LogP contribution is 2.32. The average molecular weight is 528 g/mol. The number of nitrogens with zero attached hydrogens (tertiary/aromatic N) is 3. The molecule has 5 rings (SSSR count). The third-order valence-electron chi connectivity index (χ3n) is 5.30. The average Bonchev–Trinajstić information content (AvgIpc) is 3.57. The van der Waals surface area contributed by atoms with Crippen LogP contribution in [0, 0.1) is 0 Å². The number of hydrogen-bond donors (Lipinski definition) is 1. The number of carboxylic acid groups (broad SMARTS) is 1. The van der Waals surface area contributed by atoms with E-state index in [-0.39, 0.29) is 13.0 Å². The molecule has 204 valence electrons. The maximum atomic E-state index is 10.9. The second-order valence-electron chi connectivity index (χ2n) is 8.93. The number of carbonyl (C=O) groups is 1. The molecule has 0 saturated heterocycles. The predicted molar refractivity (Wildman–Crippen MR) is 156 cm³/mol. The molecule has 2 aromatic heterocycles. The van der Waals surface area contributed by atoms with Crippen LogP contribution in [0.4, 0.5) is 0 Å². The molecule has 0 saturated carbocycles. The van der Waals surface area contributed by atoms with E-state index in [1.807, 2.05) is 78.9 Å². The van der Waals surface area contributed by atoms with E-state index in [0.717, 1.165) is 22.0 Å². The monoisotopic (exact) mass is 527 g/mol. The number of ether oxygens (including phenoxy) is 1. The van der Waals surface area contributed by atoms with Crippen LogP contribution in [0.5, 0.6) is 5.75 Å². The standard InChI is InChI=1S/C26H21N3O4.2C3H8/c30-24(31)14-15-29-22-12-7-13-23(20(22)16-27-29)32-17-21-25(18-8-3-1-4-9-18)33-26(28-21)19-10-5-2-6-11-19;2*1-3-2/h1-13,16H,14-15,17H2,(H,30,31);2*3H2,1-2H3. The van der Waals surface area contributed by atoms with Crippen LogP contribution in [0.15, 0.2) is 89.5 Å². The zero-order valence-electron chi connectivity index (χ0n) is 23.1. The van der Waals surface area contributed by atoms with Crippen LogP contribution < -0.4 is 4.74 Å². The summed E-state index contributed by atoms with van der Waals surface area (Å²) < 4.78 is 14.0. The predicted octanol–water partition coefficient (Wildman–Crippen LogP) is 8.24. The Balaban J connectivity index is 0.000000643. The molecule has 0 amide bonds. The first-order valence-electron chi connectivity index (χ1n) is 13.4. The fourth-order valence-electron chi connectivity index (χ4n) is 3.70. The van der Waals surface area contributed by atoms with Crippen molar-refractivity contribution in [2.24, 2.45) is 0 Å². The summed E-state index contributed by atoms with van der Waals surface area (Å²) in [5.74, 6) is 0.989. The third-order valence-corrected chi connectivity index (χ3v) is 5.30. The Morgan fingerprint density at radius 2 is 1.49 bits per heavy atom. The highest BCUT2D eigenvalue weighted by molar-refractivity contribution is 5.85. The number of oxazole rings is 1. The molecule has 5 aromatic rings. The van der Waals surface area contributed by atoms with E-state index in [1.54, 1.807) is 10.9 Å². The van der Waals surface area contributed by atoms with E-state index in [9.17, 15) is 4.79 Å². The molecule has 2 heterocycles. The Morgan fingerprint density at radius 3 is 2.10 bits per heavy atom. The number of aryl methyl sites for hydroxylation is 1. The SMILES string of the molecule is CCC.CCC.O=C(O)CCn1ncc2c(OCc3nc(-c4ccccc4)oc3-c3ccccc3)cccc21. The Kier molecular flexibility index (Phi) is 11.3. The van der Waals surface area contributed by atoms with Gasteiger partial charge in [0.05, 0.1) is 30.1 Å². The summed E-state index contributed by atoms with van der Waals surface area (Å²) in [5, 5.41) is 14.1. The quantitative estimate of drug-likeness (QED) is 0.218. The van der Waals surface area contributed by atoms with Crippen molar-refractivity contribution in [2.45, 2.75) is 60.1 Å². The highest BCUT2D eigenvalue weighted by Gasteiger charge is 2.18. The molecule has 7 heteroatoms. The Labute approximate surface area is 230 Å². The van der Waals surface area contributed by atoms with Gasteiger partial charge in [0.1, 0.15) is 18.1 Å². The molecule has 0 aliphatic heterocycles. The molecular weight excluding hydrogens is 490 g/mol. The lowest BCUT2D eigenvalue weighted by Crippen LogP contribution is -2.05. The summed E-state index contributed by atoms with van der Waals surface area (Å²) in [5.41, 5.74) is 3.32. The zero-order chi connectivity index (χ0) is 28.0. The molecule has 0 fully saturated rings. The van der Waals surface area contributed by atoms with E-state index in [1.165, 1.54) is 12.8 Å². The second-order valence-corrected chi connectivity index (χ2v) is 8.93. The van der Waals surface area contributed by atoms with Gasteiger partial charge >= 0.3 is 5.97 Å². The minimum atomic E-state index is -0.861. The van der Waals surface area contributed by atoms with Gasteiger partial charge in [-0.05, 0) is 24.3 Å². The van der Waals surface area contributed by atoms with Crippen molar-refractivity contribution >= 4 is 16.9 Å². The molecule has 0 bridgehead atoms. The number of rotatable bonds is 8. The van der Waals surface area contributed by atoms with Crippen LogP contribution in [0.1, 0.15) is 52.7 Å². The van der Waals surface area contributed by atoms with Crippen molar-refractivity contribution in [1.29, 1.82) is 0 Å². The summed E-state index contributed by atoms with van der Waals surface area (Å²) in [4.78, 5) is 15.7. The van der Waals surface area contributed by atoms with Gasteiger partial charge in [0.25, 0.3) is 0 Å². The van der Waals surface area contributed by atoms with E-state index in [0.29, 0.717) is 29.6 Å². The molecule has 0 aliphatic carbocycles. The molecule has 0 aliphatic rings. The first kappa shape index (κ1) is 29.2. The first-order chi connectivity index (χ1) is 19.0. The van der Waals surface area contributed by atoms with Crippen molar-refractivity contribution in [3.05, 3.63) is 90.8 Å². The minimum absolute atomic E-state index is 0.00347. The normalized spacial score (nSPS) is 10.3. The Bertz CT molecular complexity index is 1420. The van der Waals surface area contributed by atoms with Crippen LogP contribution in [0.2, 0.25) is 0 Å². The van der Waals surface area contributed by atoms with Crippen LogP contribution in [-0.2, 0) is 17.9 Å². The van der Waals surface area contributed by atoms with Gasteiger partial charge in [-0.1, -0.05) is 95.1 Å². The Hall–Kier alpha value is -4.39. The molecule has 0 radical (unpaired) electrons. The highest BCUT2D eigenvalue weighted by atomic mass is 16.5. The lowest BCUT2D eigenvalue weighted by molar-refractivity contribution is -0.137. The maximum Gasteiger partial charge on any atom is 0.305 e. The van der Waals surface area contributed by atoms with Gasteiger partial charge in [-0.25, -0.2) is 4.98 Å². The minimum Gasteiger partial charge on any atom is -0.486 e. The van der Waals surface area contributed by atoms with Gasteiger partial charge in [-0.15, -0.1) is 0 Å². The molecule has 3 aromatic carbocycles. The molecule has 0 unspecified atom stereocenters. The van der Waals surface area contributed by atoms with Crippen molar-refractivity contribution in [3.63, 3.8) is 0 Å². The Morgan fingerprint density at radius 1 is 0.872 bits per heavy atom. The van der Waals surface area contributed by atoms with Crippen molar-refractivity contribution in [3.8, 4) is 28.5 Å². The topological polar surface area (TPSA) is 90.4 Å². The number of aromatic nitrogens is 3. The van der Waals surface area contributed by atoms with Gasteiger partial charge in [0.2, 0.25) is 5.89 Å². The van der Waals surface area contributed by atoms with Crippen molar-refractivity contribution in [1.82, 2.24) is 14.8 Å². The smallest absolute Gasteiger partial charge is 0.305 e. The summed E-state index contributed by atoms with van der Waals surface area (Å²) >= 11 is 0. The van der Waals surface area contributed by atoms with Gasteiger partial charge < -0.3 is 14.3 Å². The van der Waals surface area contributed by atoms with E-state index >= 15 is 0 Å². The molecule has 39 heavy (non-hydrogen) atoms. The van der Waals surface area contributed by atoms with E-state index in [4.69, 9.17) is 19.2 Å². The van der Waals surface area contributed by atoms with Gasteiger partial charge in [0, 0.05) is 11.1 Å². The van der Waals surface area contributed by atoms with Gasteiger partial charge in [-0.3, -0.25) is 9.48 Å². The number of benzene rings is 3. The van der Waals surface area contributed by atoms with Gasteiger partial charge in [-0.2, -0.15) is 5.10 Å². The molecule has 1 N–H and O–H groups in total. The van der Waals surface area contributed by atoms with Crippen molar-refractivity contribution in [2.75, 3.05) is 0 Å². The fourth-order valence-corrected chi connectivity index (χ4v) is 3.70. The summed E-state index contributed by atoms with van der Waals surface area (Å²) in [7, 11) is 0. The fraction of sp³-hybridized carbons (Fsp3) is 0.281. The van der Waals surface area contributed by atoms with Crippen LogP contribution in [-0.4, -0.2) is 25.8 Å². The van der Waals surface area contributed by atoms with Gasteiger partial charge in [0.15, 0.2) is 5.76 Å². The lowest BCUT2D eigenvalue weighted by Gasteiger charge is -2.07. The molecule has 7 nitrogen and oxygen atoms in total. The third kappa shape index (κ3) is 8.04. The summed E-state index contributed by atoms with van der Waals surface area (Å²) in [6.45, 7) is 9.00. The first-order valence-corrected chi connectivity index (χ1v) is 13.4. The van der Waals surface area contributed by atoms with E-state index in [2.05, 4.69) is 32.8 Å². The van der Waals surface area contributed by atoms with E-state index < -0.39 is 5.97 Å². The number of carboxylic acids is 1. The largest absolute Gasteiger partial charge is 0.486 e. The van der Waals surface area contributed by atoms with Crippen LogP contribution in [0.3, 0.4) is 0 Å². The molecule has 0 spiro atoms. The molecular formula is C32H37N3O4. The summed E-state index contributed by atoms with van der Waals surface area (Å²) in [6.07, 6.45) is 4.20. The number of hydrogen-bond acceptors (Lipinski definition) is 5. The van der Waals surface area contributed by atoms with Crippen molar-refractivity contribution < 1.29 is 19.1 Å². The summed E-state index contributed by atoms with van der Waals surface area (Å²) in [6, 6.07) is 25.2. The second kappa shape index (κ2) is 15.1.